The summed E-state index contributed by atoms with van der Waals surface area (Å²) in [6.07, 6.45) is 2.85. The van der Waals surface area contributed by atoms with E-state index in [1.54, 1.807) is 6.33 Å². The minimum atomic E-state index is 0.121. The van der Waals surface area contributed by atoms with Gasteiger partial charge in [0.25, 0.3) is 0 Å². The number of fused-ring (bicyclic) bond motifs is 1. The van der Waals surface area contributed by atoms with Gasteiger partial charge in [0.2, 0.25) is 0 Å². The van der Waals surface area contributed by atoms with Gasteiger partial charge >= 0.3 is 0 Å². The lowest BCUT2D eigenvalue weighted by molar-refractivity contribution is 0.470. The molecule has 1 heterocycles. The van der Waals surface area contributed by atoms with Crippen molar-refractivity contribution < 1.29 is 0 Å². The van der Waals surface area contributed by atoms with E-state index in [2.05, 4.69) is 60.0 Å². The number of thiol groups is 1. The highest BCUT2D eigenvalue weighted by Gasteiger charge is 2.20. The normalized spacial score (nSPS) is 12.2. The lowest BCUT2D eigenvalue weighted by atomic mass is 9.84. The minimum absolute atomic E-state index is 0.121. The molecule has 4 heteroatoms. The summed E-state index contributed by atoms with van der Waals surface area (Å²) in [6, 6.07) is 6.45. The molecule has 0 spiro atoms. The molecular weight excluding hydrogens is 242 g/mol. The Morgan fingerprint density at radius 2 is 2.22 bits per heavy atom. The third-order valence-corrected chi connectivity index (χ3v) is 3.60. The van der Waals surface area contributed by atoms with E-state index < -0.39 is 0 Å². The summed E-state index contributed by atoms with van der Waals surface area (Å²) in [6.45, 7) is 6.52. The summed E-state index contributed by atoms with van der Waals surface area (Å²) < 4.78 is 0. The molecule has 0 aliphatic heterocycles. The summed E-state index contributed by atoms with van der Waals surface area (Å²) in [7, 11) is 0. The van der Waals surface area contributed by atoms with Crippen LogP contribution in [0, 0.1) is 0 Å². The first-order chi connectivity index (χ1) is 8.63. The first-order valence-corrected chi connectivity index (χ1v) is 7.02. The molecule has 0 bridgehead atoms. The number of benzene rings is 1. The fourth-order valence-corrected chi connectivity index (χ4v) is 2.22. The summed E-state index contributed by atoms with van der Waals surface area (Å²) >= 11 is 4.22. The van der Waals surface area contributed by atoms with E-state index in [9.17, 15) is 0 Å². The quantitative estimate of drug-likeness (QED) is 0.554. The Bertz CT molecular complexity index is 504. The van der Waals surface area contributed by atoms with Gasteiger partial charge in [0.15, 0.2) is 0 Å². The molecule has 2 N–H and O–H groups in total. The van der Waals surface area contributed by atoms with Crippen molar-refractivity contribution in [2.75, 3.05) is 18.8 Å². The third kappa shape index (κ3) is 3.06. The fourth-order valence-electron chi connectivity index (χ4n) is 2.06. The number of hydrogen-bond donors (Lipinski definition) is 3. The molecule has 0 aliphatic rings. The Kier molecular flexibility index (Phi) is 4.30. The maximum absolute atomic E-state index is 4.25. The molecule has 0 unspecified atom stereocenters. The van der Waals surface area contributed by atoms with Crippen LogP contribution in [0.5, 0.6) is 0 Å². The highest BCUT2D eigenvalue weighted by atomic mass is 32.1. The van der Waals surface area contributed by atoms with Crippen LogP contribution >= 0.6 is 12.6 Å². The average Bonchev–Trinajstić information content (AvgIpc) is 2.82. The maximum Gasteiger partial charge on any atom is 0.0931 e. The number of nitrogens with one attached hydrogen (secondary N) is 2. The van der Waals surface area contributed by atoms with Crippen LogP contribution in [0.1, 0.15) is 25.8 Å². The first kappa shape index (κ1) is 13.4. The topological polar surface area (TPSA) is 40.7 Å². The van der Waals surface area contributed by atoms with Crippen LogP contribution in [-0.2, 0) is 5.41 Å². The SMILES string of the molecule is CC(C)(CNCCCS)c1ccc2nc[nH]c2c1. The summed E-state index contributed by atoms with van der Waals surface area (Å²) in [5, 5.41) is 3.49. The molecule has 0 fully saturated rings. The largest absolute Gasteiger partial charge is 0.345 e. The second-order valence-electron chi connectivity index (χ2n) is 5.27. The van der Waals surface area contributed by atoms with E-state index in [1.165, 1.54) is 5.56 Å². The minimum Gasteiger partial charge on any atom is -0.345 e. The van der Waals surface area contributed by atoms with Crippen molar-refractivity contribution in [3.63, 3.8) is 0 Å². The van der Waals surface area contributed by atoms with Crippen molar-refractivity contribution >= 4 is 23.7 Å². The van der Waals surface area contributed by atoms with E-state index in [-0.39, 0.29) is 5.41 Å². The van der Waals surface area contributed by atoms with Gasteiger partial charge < -0.3 is 10.3 Å². The van der Waals surface area contributed by atoms with Gasteiger partial charge in [-0.2, -0.15) is 12.6 Å². The Morgan fingerprint density at radius 1 is 1.39 bits per heavy atom. The van der Waals surface area contributed by atoms with Crippen molar-refractivity contribution in [3.8, 4) is 0 Å². The van der Waals surface area contributed by atoms with Crippen LogP contribution < -0.4 is 5.32 Å². The molecule has 2 aromatic rings. The molecule has 1 aromatic carbocycles. The number of aromatic amines is 1. The van der Waals surface area contributed by atoms with Crippen molar-refractivity contribution in [1.82, 2.24) is 15.3 Å². The van der Waals surface area contributed by atoms with Gasteiger partial charge in [-0.1, -0.05) is 19.9 Å². The van der Waals surface area contributed by atoms with Crippen molar-refractivity contribution in [2.24, 2.45) is 0 Å². The summed E-state index contributed by atoms with van der Waals surface area (Å²) in [5.41, 5.74) is 3.58. The lowest BCUT2D eigenvalue weighted by Crippen LogP contribution is -2.33. The first-order valence-electron chi connectivity index (χ1n) is 6.39. The maximum atomic E-state index is 4.25. The van der Waals surface area contributed by atoms with Crippen LogP contribution in [0.4, 0.5) is 0 Å². The molecule has 0 atom stereocenters. The Balaban J connectivity index is 2.07. The Labute approximate surface area is 114 Å². The van der Waals surface area contributed by atoms with E-state index >= 15 is 0 Å². The fraction of sp³-hybridized carbons (Fsp3) is 0.500. The predicted octanol–water partition coefficient (Wildman–Crippen LogP) is 2.75. The van der Waals surface area contributed by atoms with Gasteiger partial charge in [0.1, 0.15) is 0 Å². The summed E-state index contributed by atoms with van der Waals surface area (Å²) in [5.74, 6) is 0.938. The smallest absolute Gasteiger partial charge is 0.0931 e. The molecule has 0 saturated heterocycles. The highest BCUT2D eigenvalue weighted by Crippen LogP contribution is 2.24. The van der Waals surface area contributed by atoms with Gasteiger partial charge in [-0.3, -0.25) is 0 Å². The van der Waals surface area contributed by atoms with Crippen LogP contribution in [0.25, 0.3) is 11.0 Å². The van der Waals surface area contributed by atoms with Crippen LogP contribution in [0.3, 0.4) is 0 Å². The number of imidazole rings is 1. The number of nitrogens with zero attached hydrogens (tertiary/aromatic N) is 1. The van der Waals surface area contributed by atoms with Crippen molar-refractivity contribution in [3.05, 3.63) is 30.1 Å². The number of aromatic nitrogens is 2. The number of H-pyrrole nitrogens is 1. The van der Waals surface area contributed by atoms with Crippen molar-refractivity contribution in [1.29, 1.82) is 0 Å². The standard InChI is InChI=1S/C14H21N3S/c1-14(2,9-15-6-3-7-18)11-4-5-12-13(8-11)17-10-16-12/h4-5,8,10,15,18H,3,6-7,9H2,1-2H3,(H,16,17). The molecule has 0 amide bonds. The molecule has 2 rings (SSSR count). The van der Waals surface area contributed by atoms with Gasteiger partial charge in [0.05, 0.1) is 17.4 Å². The lowest BCUT2D eigenvalue weighted by Gasteiger charge is -2.25. The molecule has 0 saturated carbocycles. The monoisotopic (exact) mass is 263 g/mol. The van der Waals surface area contributed by atoms with Crippen LogP contribution in [-0.4, -0.2) is 28.8 Å². The third-order valence-electron chi connectivity index (χ3n) is 3.28. The van der Waals surface area contributed by atoms with Crippen LogP contribution in [0.15, 0.2) is 24.5 Å². The average molecular weight is 263 g/mol. The molecule has 1 aromatic heterocycles. The van der Waals surface area contributed by atoms with E-state index in [1.807, 2.05) is 0 Å². The van der Waals surface area contributed by atoms with Gasteiger partial charge in [-0.05, 0) is 36.4 Å². The van der Waals surface area contributed by atoms with Gasteiger partial charge in [0, 0.05) is 12.0 Å². The van der Waals surface area contributed by atoms with E-state index in [4.69, 9.17) is 0 Å². The molecule has 0 aliphatic carbocycles. The molecular formula is C14H21N3S. The zero-order valence-corrected chi connectivity index (χ0v) is 11.9. The van der Waals surface area contributed by atoms with Crippen LogP contribution in [0.2, 0.25) is 0 Å². The Hall–Kier alpha value is -1.00. The van der Waals surface area contributed by atoms with Gasteiger partial charge in [-0.25, -0.2) is 4.98 Å². The molecule has 98 valence electrons. The second-order valence-corrected chi connectivity index (χ2v) is 5.72. The van der Waals surface area contributed by atoms with E-state index in [0.717, 1.165) is 36.3 Å². The zero-order chi connectivity index (χ0) is 13.0. The molecule has 3 nitrogen and oxygen atoms in total. The van der Waals surface area contributed by atoms with Gasteiger partial charge in [-0.15, -0.1) is 0 Å². The molecule has 18 heavy (non-hydrogen) atoms. The molecule has 0 radical (unpaired) electrons. The number of hydrogen-bond acceptors (Lipinski definition) is 3. The summed E-state index contributed by atoms with van der Waals surface area (Å²) in [4.78, 5) is 7.42. The van der Waals surface area contributed by atoms with Crippen molar-refractivity contribution in [2.45, 2.75) is 25.7 Å². The Morgan fingerprint density at radius 3 is 3.00 bits per heavy atom. The predicted molar refractivity (Wildman–Crippen MR) is 80.5 cm³/mol. The highest BCUT2D eigenvalue weighted by molar-refractivity contribution is 7.80. The van der Waals surface area contributed by atoms with E-state index in [0.29, 0.717) is 0 Å². The number of rotatable bonds is 6. The zero-order valence-electron chi connectivity index (χ0n) is 11.0. The second kappa shape index (κ2) is 5.76.